The molecule has 4 spiro atoms. The number of allylic oxidation sites excluding steroid dienone is 2. The lowest BCUT2D eigenvalue weighted by Gasteiger charge is -2.29. The van der Waals surface area contributed by atoms with Gasteiger partial charge in [-0.3, -0.25) is 58.7 Å². The van der Waals surface area contributed by atoms with Crippen molar-refractivity contribution < 1.29 is 39.0 Å². The molecule has 10 aromatic rings. The molecule has 24 heteroatoms. The van der Waals surface area contributed by atoms with E-state index in [1.165, 1.54) is 25.7 Å². The summed E-state index contributed by atoms with van der Waals surface area (Å²) in [5.74, 6) is 3.39. The Morgan fingerprint density at radius 2 is 0.617 bits per heavy atom. The highest BCUT2D eigenvalue weighted by atomic mass is 16.4. The lowest BCUT2D eigenvalue weighted by atomic mass is 9.82. The fraction of sp³-hybridized carbons (Fsp3) is 0.385. The van der Waals surface area contributed by atoms with Crippen molar-refractivity contribution in [3.8, 4) is 67.3 Å². The van der Waals surface area contributed by atoms with Gasteiger partial charge in [0.05, 0.1) is 37.3 Å². The monoisotopic (exact) mass is 1720 g/mol. The van der Waals surface area contributed by atoms with Gasteiger partial charge in [0.25, 0.3) is 23.6 Å². The lowest BCUT2D eigenvalue weighted by Crippen LogP contribution is -2.43. The molecule has 0 saturated heterocycles. The van der Waals surface area contributed by atoms with Gasteiger partial charge < -0.3 is 10.2 Å². The van der Waals surface area contributed by atoms with Gasteiger partial charge in [-0.1, -0.05) is 312 Å². The molecule has 6 heterocycles. The van der Waals surface area contributed by atoms with Crippen LogP contribution in [0.1, 0.15) is 250 Å². The summed E-state index contributed by atoms with van der Waals surface area (Å²) in [6.07, 6.45) is 36.1. The number of unbranched alkanes of at least 4 members (excludes halogenated alkanes) is 2. The number of carboxylic acid groups (broad SMARTS) is 2. The Kier molecular flexibility index (Phi) is 29.1. The Hall–Kier alpha value is -13.1. The SMILES string of the molecule is CC/C=C/C1=NC2(CCCCC2)C(=O)N1Cc1ccc(-c2ccccc2-c2nn[nH]n2)cc1.CC/C=C/C1=NC2(CCCCC2)C(=O)N1Cc1ccc(-c2ccccc2C(=O)O)cc1.CCCCC1=NC2(CCCCC2)C(=O)N1Cc1ccc(-c2ccccc2-c2nn[nH]n2)cc1.CCCCC1=NC2(CCCCC2)C(=O)N1Cc1ccc(-c2ccccc2C(=O)O)cc1. The Bertz CT molecular complexity index is 5730. The first kappa shape index (κ1) is 89.7. The molecule has 2 aromatic heterocycles. The van der Waals surface area contributed by atoms with Crippen LogP contribution in [0.4, 0.5) is 0 Å². The zero-order valence-electron chi connectivity index (χ0n) is 74.0. The van der Waals surface area contributed by atoms with Crippen molar-refractivity contribution in [2.45, 2.75) is 256 Å². The van der Waals surface area contributed by atoms with E-state index in [0.29, 0.717) is 49.0 Å². The highest BCUT2D eigenvalue weighted by Crippen LogP contribution is 2.45. The molecule has 4 aliphatic heterocycles. The summed E-state index contributed by atoms with van der Waals surface area (Å²) in [5, 5.41) is 47.9. The van der Waals surface area contributed by atoms with E-state index in [-0.39, 0.29) is 34.8 Å². The maximum atomic E-state index is 13.5. The first-order chi connectivity index (χ1) is 62.5. The minimum atomic E-state index is -0.941. The van der Waals surface area contributed by atoms with Gasteiger partial charge in [0.1, 0.15) is 45.5 Å². The van der Waals surface area contributed by atoms with E-state index in [2.05, 4.69) is 136 Å². The molecule has 128 heavy (non-hydrogen) atoms. The van der Waals surface area contributed by atoms with Crippen molar-refractivity contribution in [3.05, 3.63) is 252 Å². The number of aromatic carboxylic acids is 2. The third-order valence-corrected chi connectivity index (χ3v) is 26.1. The van der Waals surface area contributed by atoms with E-state index in [1.807, 2.05) is 147 Å². The van der Waals surface area contributed by atoms with Gasteiger partial charge in [-0.05, 0) is 179 Å². The Morgan fingerprint density at radius 3 is 0.906 bits per heavy atom. The molecule has 4 aliphatic carbocycles. The fourth-order valence-electron chi connectivity index (χ4n) is 19.2. The first-order valence-corrected chi connectivity index (χ1v) is 46.1. The number of aliphatic imine (C=N–C) groups is 4. The fourth-order valence-corrected chi connectivity index (χ4v) is 19.2. The minimum Gasteiger partial charge on any atom is -0.478 e. The molecule has 24 nitrogen and oxygen atoms in total. The van der Waals surface area contributed by atoms with E-state index in [0.717, 1.165) is 244 Å². The van der Waals surface area contributed by atoms with Crippen molar-refractivity contribution in [2.75, 3.05) is 0 Å². The molecule has 18 rings (SSSR count). The average molecular weight is 1720 g/mol. The van der Waals surface area contributed by atoms with Gasteiger partial charge in [0.2, 0.25) is 11.6 Å². The van der Waals surface area contributed by atoms with E-state index in [4.69, 9.17) is 20.0 Å². The molecular weight excluding hydrogens is 1600 g/mol. The van der Waals surface area contributed by atoms with Crippen LogP contribution >= 0.6 is 0 Å². The summed E-state index contributed by atoms with van der Waals surface area (Å²) in [5.41, 5.74) is 11.8. The number of carbonyl (C=O) groups excluding carboxylic acids is 4. The molecule has 8 aliphatic rings. The molecule has 4 saturated carbocycles. The quantitative estimate of drug-likeness (QED) is 0.0392. The molecule has 660 valence electrons. The van der Waals surface area contributed by atoms with E-state index in [9.17, 15) is 39.0 Å². The molecule has 0 radical (unpaired) electrons. The highest BCUT2D eigenvalue weighted by Gasteiger charge is 2.52. The summed E-state index contributed by atoms with van der Waals surface area (Å²) in [7, 11) is 0. The number of carboxylic acids is 2. The summed E-state index contributed by atoms with van der Waals surface area (Å²) in [6, 6.07) is 62.5. The second kappa shape index (κ2) is 41.5. The maximum Gasteiger partial charge on any atom is 0.336 e. The summed E-state index contributed by atoms with van der Waals surface area (Å²) in [4.78, 5) is 104. The van der Waals surface area contributed by atoms with Crippen LogP contribution in [0.2, 0.25) is 0 Å². The Balaban J connectivity index is 0.000000131. The zero-order chi connectivity index (χ0) is 89.0. The maximum absolute atomic E-state index is 13.5. The average Bonchev–Trinajstić information content (AvgIpc) is 1.62. The molecule has 0 bridgehead atoms. The minimum absolute atomic E-state index is 0.114. The number of aromatic nitrogens is 8. The third kappa shape index (κ3) is 20.1. The number of hydrogen-bond donors (Lipinski definition) is 4. The predicted octanol–water partition coefficient (Wildman–Crippen LogP) is 21.3. The van der Waals surface area contributed by atoms with Gasteiger partial charge in [-0.2, -0.15) is 10.4 Å². The smallest absolute Gasteiger partial charge is 0.336 e. The number of carbonyl (C=O) groups is 6. The molecule has 4 N–H and O–H groups in total. The van der Waals surface area contributed by atoms with Crippen molar-refractivity contribution in [1.82, 2.24) is 60.8 Å². The number of rotatable bonds is 26. The van der Waals surface area contributed by atoms with Crippen LogP contribution in [0.3, 0.4) is 0 Å². The zero-order valence-corrected chi connectivity index (χ0v) is 74.0. The number of amidine groups is 4. The highest BCUT2D eigenvalue weighted by molar-refractivity contribution is 6.14. The first-order valence-electron chi connectivity index (χ1n) is 46.1. The molecule has 4 amide bonds. The van der Waals surface area contributed by atoms with Gasteiger partial charge in [-0.15, -0.1) is 20.4 Å². The standard InChI is InChI=1S/C26H30N6O.C26H28N6O.C26H30N2O3.C26H28N2O3/c2*1-2-3-11-23-27-26(16-7-4-8-17-26)25(33)32(23)18-19-12-14-20(15-13-19)21-9-5-6-10-22(21)24-28-30-31-29-24;2*1-2-3-11-23-27-26(16-7-4-8-17-26)25(31)28(23)18-19-12-14-20(15-13-19)21-9-5-6-10-22(21)24(29)30/h5-6,9-10,12-15H,2-4,7-8,11,16-18H2,1H3,(H,28,29,30,31);3,5-6,9-15H,2,4,7-8,16-18H2,1H3,(H,28,29,30,31);5-6,9-10,12-15H,2-4,7-8,11,16-18H2,1H3,(H,29,30);3,5-6,9-15H,2,4,7-8,16-18H2,1H3,(H,29,30)/b;11-3+;;11-3+. The van der Waals surface area contributed by atoms with Crippen LogP contribution in [0.15, 0.2) is 238 Å². The van der Waals surface area contributed by atoms with E-state index >= 15 is 0 Å². The van der Waals surface area contributed by atoms with Crippen molar-refractivity contribution in [2.24, 2.45) is 20.0 Å². The van der Waals surface area contributed by atoms with Crippen LogP contribution in [-0.2, 0) is 45.4 Å². The number of tetrazole rings is 2. The van der Waals surface area contributed by atoms with Gasteiger partial charge in [0.15, 0.2) is 0 Å². The normalized spacial score (nSPS) is 17.8. The van der Waals surface area contributed by atoms with Crippen molar-refractivity contribution >= 4 is 58.9 Å². The number of benzene rings is 8. The topological polar surface area (TPSA) is 314 Å². The van der Waals surface area contributed by atoms with Gasteiger partial charge in [-0.25, -0.2) is 9.59 Å². The predicted molar refractivity (Wildman–Crippen MR) is 501 cm³/mol. The molecule has 8 aromatic carbocycles. The molecule has 0 atom stereocenters. The number of nitrogens with one attached hydrogen (secondary N) is 2. The van der Waals surface area contributed by atoms with Crippen LogP contribution < -0.4 is 0 Å². The van der Waals surface area contributed by atoms with Gasteiger partial charge >= 0.3 is 11.9 Å². The van der Waals surface area contributed by atoms with Crippen LogP contribution in [0, 0.1) is 0 Å². The Morgan fingerprint density at radius 1 is 0.344 bits per heavy atom. The van der Waals surface area contributed by atoms with Crippen LogP contribution in [-0.4, -0.2) is 152 Å². The van der Waals surface area contributed by atoms with Crippen LogP contribution in [0.25, 0.3) is 67.3 Å². The number of nitrogens with zero attached hydrogens (tertiary/aromatic N) is 14. The molecule has 4 fully saturated rings. The molecular formula is C104H116N16O8. The van der Waals surface area contributed by atoms with Gasteiger partial charge in [0, 0.05) is 24.0 Å². The second-order valence-corrected chi connectivity index (χ2v) is 34.8. The van der Waals surface area contributed by atoms with Crippen LogP contribution in [0.5, 0.6) is 0 Å². The lowest BCUT2D eigenvalue weighted by molar-refractivity contribution is -0.133. The second-order valence-electron chi connectivity index (χ2n) is 34.8. The number of amides is 4. The Labute approximate surface area is 749 Å². The van der Waals surface area contributed by atoms with Crippen molar-refractivity contribution in [1.29, 1.82) is 0 Å². The summed E-state index contributed by atoms with van der Waals surface area (Å²) in [6.45, 7) is 10.6. The molecule has 0 unspecified atom stereocenters. The summed E-state index contributed by atoms with van der Waals surface area (Å²) < 4.78 is 0. The van der Waals surface area contributed by atoms with E-state index in [1.54, 1.807) is 24.3 Å². The number of H-pyrrole nitrogens is 2. The largest absolute Gasteiger partial charge is 0.478 e. The van der Waals surface area contributed by atoms with Crippen molar-refractivity contribution in [3.63, 3.8) is 0 Å². The third-order valence-electron chi connectivity index (χ3n) is 26.1. The van der Waals surface area contributed by atoms with E-state index < -0.39 is 34.1 Å². The number of aromatic amines is 2. The number of hydrogen-bond acceptors (Lipinski definition) is 16. The summed E-state index contributed by atoms with van der Waals surface area (Å²) >= 11 is 0.